The van der Waals surface area contributed by atoms with Crippen LogP contribution in [0, 0.1) is 11.3 Å². The van der Waals surface area contributed by atoms with Crippen LogP contribution in [0.5, 0.6) is 0 Å². The van der Waals surface area contributed by atoms with Gasteiger partial charge in [0.15, 0.2) is 5.15 Å². The van der Waals surface area contributed by atoms with E-state index in [1.807, 2.05) is 25.1 Å². The molecule has 0 amide bonds. The van der Waals surface area contributed by atoms with Crippen LogP contribution in [0.4, 0.5) is 5.00 Å². The summed E-state index contributed by atoms with van der Waals surface area (Å²) in [6.45, 7) is 3.47. The number of ether oxygens (including phenoxy) is 1. The van der Waals surface area contributed by atoms with Crippen molar-refractivity contribution >= 4 is 28.1 Å². The molecule has 1 saturated heterocycles. The number of morpholine rings is 1. The monoisotopic (exact) mass is 319 g/mol. The number of benzene rings is 1. The summed E-state index contributed by atoms with van der Waals surface area (Å²) in [6.07, 6.45) is 0.0683. The second kappa shape index (κ2) is 6.02. The van der Waals surface area contributed by atoms with Crippen molar-refractivity contribution in [3.8, 4) is 6.07 Å². The van der Waals surface area contributed by atoms with Crippen LogP contribution in [0.3, 0.4) is 0 Å². The Morgan fingerprint density at radius 2 is 2.14 bits per heavy atom. The first-order valence-corrected chi connectivity index (χ1v) is 7.84. The summed E-state index contributed by atoms with van der Waals surface area (Å²) in [7, 11) is 0. The fourth-order valence-corrected chi connectivity index (χ4v) is 3.59. The van der Waals surface area contributed by atoms with Gasteiger partial charge in [0.25, 0.3) is 0 Å². The van der Waals surface area contributed by atoms with Crippen molar-refractivity contribution in [3.05, 3.63) is 46.6 Å². The minimum atomic E-state index is -0.0117. The number of hydrogen-bond donors (Lipinski definition) is 0. The SMILES string of the molecule is CC1CN(c2snc(Cl)c2C#N)CC(c2ccccc2)O1. The molecule has 2 unspecified atom stereocenters. The third-order valence-electron chi connectivity index (χ3n) is 3.46. The molecule has 4 nitrogen and oxygen atoms in total. The van der Waals surface area contributed by atoms with Gasteiger partial charge >= 0.3 is 0 Å². The van der Waals surface area contributed by atoms with Gasteiger partial charge in [-0.25, -0.2) is 0 Å². The Hall–Kier alpha value is -1.61. The largest absolute Gasteiger partial charge is 0.367 e. The fourth-order valence-electron chi connectivity index (χ4n) is 2.54. The molecule has 1 aromatic heterocycles. The smallest absolute Gasteiger partial charge is 0.162 e. The van der Waals surface area contributed by atoms with Crippen molar-refractivity contribution in [2.45, 2.75) is 19.1 Å². The van der Waals surface area contributed by atoms with Gasteiger partial charge in [0, 0.05) is 13.1 Å². The van der Waals surface area contributed by atoms with E-state index in [1.165, 1.54) is 11.5 Å². The molecule has 1 aliphatic heterocycles. The lowest BCUT2D eigenvalue weighted by Crippen LogP contribution is -2.42. The molecular weight excluding hydrogens is 306 g/mol. The highest BCUT2D eigenvalue weighted by molar-refractivity contribution is 7.10. The summed E-state index contributed by atoms with van der Waals surface area (Å²) >= 11 is 7.25. The molecule has 1 aliphatic rings. The van der Waals surface area contributed by atoms with Crippen molar-refractivity contribution in [1.29, 1.82) is 5.26 Å². The number of nitriles is 1. The van der Waals surface area contributed by atoms with E-state index in [2.05, 4.69) is 27.5 Å². The quantitative estimate of drug-likeness (QED) is 0.848. The van der Waals surface area contributed by atoms with Gasteiger partial charge in [-0.3, -0.25) is 0 Å². The van der Waals surface area contributed by atoms with E-state index in [9.17, 15) is 5.26 Å². The van der Waals surface area contributed by atoms with Crippen LogP contribution in [0.25, 0.3) is 0 Å². The summed E-state index contributed by atoms with van der Waals surface area (Å²) in [6, 6.07) is 12.3. The van der Waals surface area contributed by atoms with E-state index in [0.29, 0.717) is 12.1 Å². The van der Waals surface area contributed by atoms with Gasteiger partial charge in [-0.15, -0.1) is 0 Å². The Labute approximate surface area is 132 Å². The number of halogens is 1. The minimum absolute atomic E-state index is 0.0117. The predicted molar refractivity (Wildman–Crippen MR) is 83.8 cm³/mol. The Kier molecular flexibility index (Phi) is 4.11. The maximum absolute atomic E-state index is 9.24. The molecular formula is C15H14ClN3OS. The van der Waals surface area contributed by atoms with Gasteiger partial charge in [0.1, 0.15) is 22.7 Å². The van der Waals surface area contributed by atoms with Gasteiger partial charge < -0.3 is 9.64 Å². The molecule has 3 rings (SSSR count). The zero-order valence-electron chi connectivity index (χ0n) is 11.5. The number of anilines is 1. The Morgan fingerprint density at radius 3 is 2.86 bits per heavy atom. The van der Waals surface area contributed by atoms with Crippen LogP contribution in [0.2, 0.25) is 5.15 Å². The molecule has 21 heavy (non-hydrogen) atoms. The molecule has 0 aliphatic carbocycles. The first-order valence-electron chi connectivity index (χ1n) is 6.69. The average Bonchev–Trinajstić information content (AvgIpc) is 2.88. The molecule has 2 heterocycles. The van der Waals surface area contributed by atoms with Crippen LogP contribution in [-0.2, 0) is 4.74 Å². The maximum Gasteiger partial charge on any atom is 0.162 e. The molecule has 6 heteroatoms. The molecule has 0 radical (unpaired) electrons. The van der Waals surface area contributed by atoms with Crippen LogP contribution >= 0.6 is 23.1 Å². The zero-order chi connectivity index (χ0) is 14.8. The maximum atomic E-state index is 9.24. The number of nitrogens with zero attached hydrogens (tertiary/aromatic N) is 3. The first-order chi connectivity index (χ1) is 10.2. The van der Waals surface area contributed by atoms with E-state index in [-0.39, 0.29) is 17.4 Å². The Bertz CT molecular complexity index is 667. The zero-order valence-corrected chi connectivity index (χ0v) is 13.1. The molecule has 2 aromatic rings. The molecule has 0 spiro atoms. The molecule has 0 bridgehead atoms. The highest BCUT2D eigenvalue weighted by atomic mass is 35.5. The number of aromatic nitrogens is 1. The summed E-state index contributed by atoms with van der Waals surface area (Å²) in [5.41, 5.74) is 1.60. The van der Waals surface area contributed by atoms with E-state index in [0.717, 1.165) is 17.1 Å². The number of hydrogen-bond acceptors (Lipinski definition) is 5. The van der Waals surface area contributed by atoms with E-state index in [4.69, 9.17) is 16.3 Å². The molecule has 108 valence electrons. The predicted octanol–water partition coefficient (Wildman–Crippen LogP) is 3.63. The second-order valence-electron chi connectivity index (χ2n) is 5.02. The van der Waals surface area contributed by atoms with E-state index in [1.54, 1.807) is 0 Å². The lowest BCUT2D eigenvalue weighted by molar-refractivity contribution is -0.0171. The lowest BCUT2D eigenvalue weighted by atomic mass is 10.1. The van der Waals surface area contributed by atoms with Crippen LogP contribution in [-0.4, -0.2) is 23.6 Å². The summed E-state index contributed by atoms with van der Waals surface area (Å²) in [4.78, 5) is 2.15. The highest BCUT2D eigenvalue weighted by Crippen LogP contribution is 2.35. The van der Waals surface area contributed by atoms with Crippen LogP contribution in [0.1, 0.15) is 24.2 Å². The van der Waals surface area contributed by atoms with Crippen molar-refractivity contribution in [3.63, 3.8) is 0 Å². The Morgan fingerprint density at radius 1 is 1.38 bits per heavy atom. The van der Waals surface area contributed by atoms with Crippen LogP contribution < -0.4 is 4.90 Å². The van der Waals surface area contributed by atoms with Crippen molar-refractivity contribution < 1.29 is 4.74 Å². The molecule has 1 fully saturated rings. The summed E-state index contributed by atoms with van der Waals surface area (Å²) in [5, 5.41) is 10.4. The van der Waals surface area contributed by atoms with Gasteiger partial charge in [0.2, 0.25) is 0 Å². The molecule has 1 aromatic carbocycles. The third-order valence-corrected chi connectivity index (χ3v) is 4.75. The number of rotatable bonds is 2. The van der Waals surface area contributed by atoms with Crippen molar-refractivity contribution in [1.82, 2.24) is 4.37 Å². The van der Waals surface area contributed by atoms with E-state index >= 15 is 0 Å². The molecule has 0 N–H and O–H groups in total. The van der Waals surface area contributed by atoms with Gasteiger partial charge in [-0.1, -0.05) is 41.9 Å². The fraction of sp³-hybridized carbons (Fsp3) is 0.333. The standard InChI is InChI=1S/C15H14ClN3OS/c1-10-8-19(15-12(7-17)14(16)18-21-15)9-13(20-10)11-5-3-2-4-6-11/h2-6,10,13H,8-9H2,1H3. The highest BCUT2D eigenvalue weighted by Gasteiger charge is 2.29. The van der Waals surface area contributed by atoms with Gasteiger partial charge in [-0.2, -0.15) is 9.64 Å². The van der Waals surface area contributed by atoms with Crippen molar-refractivity contribution in [2.75, 3.05) is 18.0 Å². The van der Waals surface area contributed by atoms with Crippen LogP contribution in [0.15, 0.2) is 30.3 Å². The van der Waals surface area contributed by atoms with Gasteiger partial charge in [0.05, 0.1) is 6.10 Å². The normalized spacial score (nSPS) is 22.0. The third kappa shape index (κ3) is 2.88. The average molecular weight is 320 g/mol. The summed E-state index contributed by atoms with van der Waals surface area (Å²) < 4.78 is 10.1. The minimum Gasteiger partial charge on any atom is -0.367 e. The van der Waals surface area contributed by atoms with E-state index < -0.39 is 0 Å². The summed E-state index contributed by atoms with van der Waals surface area (Å²) in [5.74, 6) is 0. The topological polar surface area (TPSA) is 49.2 Å². The first kappa shape index (κ1) is 14.3. The van der Waals surface area contributed by atoms with Crippen molar-refractivity contribution in [2.24, 2.45) is 0 Å². The molecule has 2 atom stereocenters. The lowest BCUT2D eigenvalue weighted by Gasteiger charge is -2.37. The Balaban J connectivity index is 1.88. The second-order valence-corrected chi connectivity index (χ2v) is 6.13. The van der Waals surface area contributed by atoms with Gasteiger partial charge in [-0.05, 0) is 24.0 Å². The molecule has 0 saturated carbocycles.